The molecular weight excluding hydrogens is 825 g/mol. The van der Waals surface area contributed by atoms with E-state index in [2.05, 4.69) is 5.32 Å². The first-order valence-electron chi connectivity index (χ1n) is 18.4. The standard InChI is InChI=1S/C19H32N4O3.3C7H8O3S/c20-12-6-4-10-16(22)18(24)23-17(11-5-7-13-21)19(25)26-14-15-8-2-1-3-9-15;3*1-6-2-4-7(5-3-6)11(8,9)10/h1-3,8-9,16-17H,4-7,10-14,20-22H2,(H,23,24);3*2-5H,1H3,(H,8,9,10). The van der Waals surface area contributed by atoms with Gasteiger partial charge in [-0.3, -0.25) is 18.5 Å². The molecule has 4 aromatic rings. The number of aryl methyl sites for hydroxylation is 3. The largest absolute Gasteiger partial charge is 0.459 e. The number of carbonyl (C=O) groups is 2. The van der Waals surface area contributed by atoms with Crippen molar-refractivity contribution < 1.29 is 53.2 Å². The molecule has 2 atom stereocenters. The smallest absolute Gasteiger partial charge is 0.328 e. The number of carbonyl (C=O) groups excluding carboxylic acids is 2. The van der Waals surface area contributed by atoms with E-state index in [0.717, 1.165) is 47.9 Å². The molecule has 0 heterocycles. The number of nitrogens with two attached hydrogens (primary N) is 3. The summed E-state index contributed by atoms with van der Waals surface area (Å²) < 4.78 is 94.0. The van der Waals surface area contributed by atoms with Gasteiger partial charge in [-0.2, -0.15) is 25.3 Å². The summed E-state index contributed by atoms with van der Waals surface area (Å²) in [5, 5.41) is 2.73. The molecule has 4 aromatic carbocycles. The minimum atomic E-state index is -4.02. The van der Waals surface area contributed by atoms with E-state index in [-0.39, 0.29) is 27.2 Å². The lowest BCUT2D eigenvalue weighted by atomic mass is 10.1. The van der Waals surface area contributed by atoms with Gasteiger partial charge in [0.2, 0.25) is 5.91 Å². The van der Waals surface area contributed by atoms with Gasteiger partial charge in [-0.15, -0.1) is 0 Å². The summed E-state index contributed by atoms with van der Waals surface area (Å²) in [5.74, 6) is -0.787. The van der Waals surface area contributed by atoms with Crippen molar-refractivity contribution in [3.8, 4) is 0 Å². The summed E-state index contributed by atoms with van der Waals surface area (Å²) in [5.41, 5.74) is 20.6. The Kier molecular flexibility index (Phi) is 23.6. The van der Waals surface area contributed by atoms with Gasteiger partial charge < -0.3 is 27.3 Å². The van der Waals surface area contributed by atoms with E-state index in [0.29, 0.717) is 25.9 Å². The van der Waals surface area contributed by atoms with E-state index >= 15 is 0 Å². The first kappa shape index (κ1) is 52.4. The minimum Gasteiger partial charge on any atom is -0.459 e. The minimum absolute atomic E-state index is 0.0666. The average molecular weight is 881 g/mol. The summed E-state index contributed by atoms with van der Waals surface area (Å²) in [6.45, 7) is 6.81. The van der Waals surface area contributed by atoms with Gasteiger partial charge >= 0.3 is 5.97 Å². The predicted molar refractivity (Wildman–Crippen MR) is 225 cm³/mol. The molecule has 19 heteroatoms. The van der Waals surface area contributed by atoms with E-state index < -0.39 is 48.4 Å². The Morgan fingerprint density at radius 3 is 1.27 bits per heavy atom. The molecule has 0 saturated carbocycles. The van der Waals surface area contributed by atoms with Crippen LogP contribution in [0, 0.1) is 20.8 Å². The average Bonchev–Trinajstić information content (AvgIpc) is 3.17. The third-order valence-corrected chi connectivity index (χ3v) is 10.6. The summed E-state index contributed by atoms with van der Waals surface area (Å²) in [6.07, 6.45) is 4.12. The van der Waals surface area contributed by atoms with Crippen LogP contribution in [0.15, 0.2) is 118 Å². The molecule has 0 radical (unpaired) electrons. The van der Waals surface area contributed by atoms with Gasteiger partial charge in [0, 0.05) is 0 Å². The maximum absolute atomic E-state index is 12.4. The molecule has 59 heavy (non-hydrogen) atoms. The zero-order valence-electron chi connectivity index (χ0n) is 33.3. The summed E-state index contributed by atoms with van der Waals surface area (Å²) in [7, 11) is -12.1. The number of ether oxygens (including phenoxy) is 1. The second-order valence-electron chi connectivity index (χ2n) is 13.2. The van der Waals surface area contributed by atoms with E-state index in [1.54, 1.807) is 36.4 Å². The SMILES string of the molecule is Cc1ccc(S(=O)(=O)O)cc1.Cc1ccc(S(=O)(=O)O)cc1.Cc1ccc(S(=O)(=O)O)cc1.NCCCCC(N)C(=O)NC(CCCCN)C(=O)OCc1ccccc1. The number of unbranched alkanes of at least 4 members (excludes halogenated alkanes) is 2. The first-order chi connectivity index (χ1) is 27.6. The molecule has 0 bridgehead atoms. The maximum atomic E-state index is 12.4. The van der Waals surface area contributed by atoms with Crippen LogP contribution < -0.4 is 22.5 Å². The second kappa shape index (κ2) is 26.5. The lowest BCUT2D eigenvalue weighted by Crippen LogP contribution is -2.49. The number of nitrogens with one attached hydrogen (secondary N) is 1. The number of rotatable bonds is 16. The predicted octanol–water partition coefficient (Wildman–Crippen LogP) is 4.53. The molecule has 16 nitrogen and oxygen atoms in total. The van der Waals surface area contributed by atoms with Gasteiger partial charge in [-0.1, -0.05) is 89.8 Å². The van der Waals surface area contributed by atoms with Gasteiger partial charge in [0.05, 0.1) is 20.7 Å². The van der Waals surface area contributed by atoms with E-state index in [9.17, 15) is 34.8 Å². The Bertz CT molecular complexity index is 2000. The monoisotopic (exact) mass is 880 g/mol. The molecule has 0 aliphatic heterocycles. The van der Waals surface area contributed by atoms with Crippen molar-refractivity contribution in [3.63, 3.8) is 0 Å². The fraction of sp³-hybridized carbons (Fsp3) is 0.350. The van der Waals surface area contributed by atoms with Crippen molar-refractivity contribution in [2.75, 3.05) is 13.1 Å². The Balaban J connectivity index is 0.000000435. The van der Waals surface area contributed by atoms with Crippen LogP contribution in [-0.4, -0.2) is 76.0 Å². The second-order valence-corrected chi connectivity index (χ2v) is 17.5. The first-order valence-corrected chi connectivity index (χ1v) is 22.7. The highest BCUT2D eigenvalue weighted by Crippen LogP contribution is 2.11. The third-order valence-electron chi connectivity index (χ3n) is 8.03. The van der Waals surface area contributed by atoms with Crippen LogP contribution in [0.1, 0.15) is 60.8 Å². The van der Waals surface area contributed by atoms with Crippen molar-refractivity contribution in [2.24, 2.45) is 17.2 Å². The van der Waals surface area contributed by atoms with E-state index in [1.165, 1.54) is 36.4 Å². The number of benzene rings is 4. The molecule has 1 amide bonds. The van der Waals surface area contributed by atoms with Gasteiger partial charge in [0.1, 0.15) is 12.6 Å². The van der Waals surface area contributed by atoms with Crippen LogP contribution >= 0.6 is 0 Å². The van der Waals surface area contributed by atoms with Crippen molar-refractivity contribution in [1.82, 2.24) is 5.32 Å². The fourth-order valence-electron chi connectivity index (χ4n) is 4.62. The molecule has 326 valence electrons. The normalized spacial score (nSPS) is 12.2. The fourth-order valence-corrected chi connectivity index (χ4v) is 6.06. The third kappa shape index (κ3) is 23.0. The molecule has 0 aliphatic rings. The van der Waals surface area contributed by atoms with Gasteiger partial charge in [-0.25, -0.2) is 4.79 Å². The summed E-state index contributed by atoms with van der Waals surface area (Å²) in [6, 6.07) is 26.0. The van der Waals surface area contributed by atoms with Crippen LogP contribution in [0.25, 0.3) is 0 Å². The highest BCUT2D eigenvalue weighted by molar-refractivity contribution is 7.86. The number of amides is 1. The van der Waals surface area contributed by atoms with Crippen molar-refractivity contribution in [3.05, 3.63) is 125 Å². The number of hydrogen-bond donors (Lipinski definition) is 7. The Morgan fingerprint density at radius 1 is 0.576 bits per heavy atom. The molecule has 0 saturated heterocycles. The molecule has 0 spiro atoms. The van der Waals surface area contributed by atoms with Crippen LogP contribution in [-0.2, 0) is 51.3 Å². The Morgan fingerprint density at radius 2 is 0.932 bits per heavy atom. The molecule has 2 unspecified atom stereocenters. The van der Waals surface area contributed by atoms with Crippen LogP contribution in [0.4, 0.5) is 0 Å². The summed E-state index contributed by atoms with van der Waals surface area (Å²) >= 11 is 0. The van der Waals surface area contributed by atoms with Gasteiger partial charge in [0.15, 0.2) is 0 Å². The van der Waals surface area contributed by atoms with Crippen molar-refractivity contribution in [1.29, 1.82) is 0 Å². The quantitative estimate of drug-likeness (QED) is 0.0462. The topological polar surface area (TPSA) is 297 Å². The zero-order valence-corrected chi connectivity index (χ0v) is 35.8. The van der Waals surface area contributed by atoms with Crippen LogP contribution in [0.5, 0.6) is 0 Å². The van der Waals surface area contributed by atoms with Gasteiger partial charge in [0.25, 0.3) is 30.4 Å². The van der Waals surface area contributed by atoms with Gasteiger partial charge in [-0.05, 0) is 108 Å². The molecular formula is C40H56N4O12S3. The lowest BCUT2D eigenvalue weighted by molar-refractivity contribution is -0.149. The molecule has 0 aromatic heterocycles. The summed E-state index contributed by atoms with van der Waals surface area (Å²) in [4.78, 5) is 24.5. The maximum Gasteiger partial charge on any atom is 0.328 e. The molecule has 4 rings (SSSR count). The van der Waals surface area contributed by atoms with E-state index in [4.69, 9.17) is 35.6 Å². The number of esters is 1. The zero-order chi connectivity index (χ0) is 44.6. The molecule has 0 fully saturated rings. The van der Waals surface area contributed by atoms with E-state index in [1.807, 2.05) is 51.1 Å². The lowest BCUT2D eigenvalue weighted by Gasteiger charge is -2.20. The van der Waals surface area contributed by atoms with Crippen LogP contribution in [0.2, 0.25) is 0 Å². The number of hydrogen-bond acceptors (Lipinski definition) is 12. The van der Waals surface area contributed by atoms with Crippen LogP contribution in [0.3, 0.4) is 0 Å². The molecule has 0 aliphatic carbocycles. The Labute approximate surface area is 347 Å². The highest BCUT2D eigenvalue weighted by Gasteiger charge is 2.24. The van der Waals surface area contributed by atoms with Crippen molar-refractivity contribution in [2.45, 2.75) is 92.7 Å². The highest BCUT2D eigenvalue weighted by atomic mass is 32.2. The Hall–Kier alpha value is -4.57. The molecule has 10 N–H and O–H groups in total. The van der Waals surface area contributed by atoms with Crippen molar-refractivity contribution >= 4 is 42.2 Å².